The molecular formula is C21H17FN6O2. The van der Waals surface area contributed by atoms with E-state index in [9.17, 15) is 14.0 Å². The number of nitrogens with one attached hydrogen (secondary N) is 2. The molecule has 1 amide bonds. The number of pyridine rings is 1. The number of aromatic nitrogens is 5. The van der Waals surface area contributed by atoms with Gasteiger partial charge in [-0.05, 0) is 72.3 Å². The van der Waals surface area contributed by atoms with Gasteiger partial charge in [0.2, 0.25) is 0 Å². The van der Waals surface area contributed by atoms with Crippen molar-refractivity contribution in [1.82, 2.24) is 25.2 Å². The number of carbonyl (C=O) groups excluding carboxylic acids is 1. The quantitative estimate of drug-likeness (QED) is 0.509. The second-order valence-electron chi connectivity index (χ2n) is 6.76. The lowest BCUT2D eigenvalue weighted by Crippen LogP contribution is -2.19. The van der Waals surface area contributed by atoms with E-state index >= 15 is 0 Å². The van der Waals surface area contributed by atoms with Gasteiger partial charge in [0.05, 0.1) is 0 Å². The average Bonchev–Trinajstić information content (AvgIpc) is 3.14. The van der Waals surface area contributed by atoms with Crippen molar-refractivity contribution in [3.05, 3.63) is 81.7 Å². The van der Waals surface area contributed by atoms with Gasteiger partial charge in [0.15, 0.2) is 5.82 Å². The fourth-order valence-corrected chi connectivity index (χ4v) is 2.98. The monoisotopic (exact) mass is 404 g/mol. The molecule has 2 aromatic heterocycles. The lowest BCUT2D eigenvalue weighted by Gasteiger charge is -2.11. The maximum Gasteiger partial charge on any atom is 0.274 e. The SMILES string of the molecule is Cc1cc2cc(NC(=O)/C(=C/c3ccc(F)cc3)n3nnnc3C)ccc2[nH]c1=O. The summed E-state index contributed by atoms with van der Waals surface area (Å²) in [6.45, 7) is 3.38. The zero-order chi connectivity index (χ0) is 21.3. The van der Waals surface area contributed by atoms with E-state index in [1.165, 1.54) is 16.8 Å². The van der Waals surface area contributed by atoms with Crippen LogP contribution in [0.15, 0.2) is 53.3 Å². The molecule has 0 bridgehead atoms. The Morgan fingerprint density at radius 2 is 1.90 bits per heavy atom. The number of hydrogen-bond acceptors (Lipinski definition) is 5. The number of halogens is 1. The normalized spacial score (nSPS) is 11.6. The van der Waals surface area contributed by atoms with E-state index in [0.717, 1.165) is 5.39 Å². The zero-order valence-electron chi connectivity index (χ0n) is 16.2. The molecule has 0 aliphatic rings. The molecule has 0 fully saturated rings. The lowest BCUT2D eigenvalue weighted by atomic mass is 10.1. The highest BCUT2D eigenvalue weighted by molar-refractivity contribution is 6.24. The number of benzene rings is 2. The molecule has 8 nitrogen and oxygen atoms in total. The number of tetrazole rings is 1. The largest absolute Gasteiger partial charge is 0.322 e. The van der Waals surface area contributed by atoms with Crippen molar-refractivity contribution in [2.24, 2.45) is 0 Å². The number of anilines is 1. The fraction of sp³-hybridized carbons (Fsp3) is 0.0952. The van der Waals surface area contributed by atoms with Crippen LogP contribution in [0.25, 0.3) is 22.7 Å². The van der Waals surface area contributed by atoms with Crippen LogP contribution in [0.5, 0.6) is 0 Å². The molecule has 0 spiro atoms. The van der Waals surface area contributed by atoms with E-state index in [1.807, 2.05) is 0 Å². The molecule has 0 aliphatic heterocycles. The van der Waals surface area contributed by atoms with Crippen molar-refractivity contribution in [3.63, 3.8) is 0 Å². The molecule has 4 rings (SSSR count). The summed E-state index contributed by atoms with van der Waals surface area (Å²) in [5.74, 6) is -0.401. The highest BCUT2D eigenvalue weighted by Crippen LogP contribution is 2.20. The Morgan fingerprint density at radius 1 is 1.13 bits per heavy atom. The minimum atomic E-state index is -0.449. The summed E-state index contributed by atoms with van der Waals surface area (Å²) in [5, 5.41) is 14.9. The van der Waals surface area contributed by atoms with Crippen molar-refractivity contribution in [1.29, 1.82) is 0 Å². The van der Waals surface area contributed by atoms with Crippen molar-refractivity contribution < 1.29 is 9.18 Å². The molecule has 0 saturated heterocycles. The third-order valence-electron chi connectivity index (χ3n) is 4.55. The van der Waals surface area contributed by atoms with E-state index < -0.39 is 5.91 Å². The summed E-state index contributed by atoms with van der Waals surface area (Å²) in [6, 6.07) is 12.6. The third-order valence-corrected chi connectivity index (χ3v) is 4.55. The van der Waals surface area contributed by atoms with Crippen LogP contribution in [0.3, 0.4) is 0 Å². The molecule has 0 aliphatic carbocycles. The van der Waals surface area contributed by atoms with Crippen LogP contribution >= 0.6 is 0 Å². The van der Waals surface area contributed by atoms with Crippen LogP contribution in [0.1, 0.15) is 17.0 Å². The molecule has 0 unspecified atom stereocenters. The Labute approximate surface area is 170 Å². The van der Waals surface area contributed by atoms with Gasteiger partial charge in [-0.3, -0.25) is 9.59 Å². The first-order chi connectivity index (χ1) is 14.4. The molecule has 0 radical (unpaired) electrons. The standard InChI is InChI=1S/C21H17FN6O2/c1-12-9-15-11-17(7-8-18(15)24-20(12)29)23-21(30)19(28-13(2)25-26-27-28)10-14-3-5-16(22)6-4-14/h3-11H,1-2H3,(H,23,30)(H,24,29)/b19-10-. The number of aromatic amines is 1. The first kappa shape index (κ1) is 19.2. The van der Waals surface area contributed by atoms with Crippen molar-refractivity contribution in [2.45, 2.75) is 13.8 Å². The van der Waals surface area contributed by atoms with Crippen molar-refractivity contribution in [3.8, 4) is 0 Å². The summed E-state index contributed by atoms with van der Waals surface area (Å²) < 4.78 is 14.5. The molecule has 4 aromatic rings. The van der Waals surface area contributed by atoms with Crippen LogP contribution in [-0.4, -0.2) is 31.1 Å². The number of aryl methyl sites for hydroxylation is 2. The van der Waals surface area contributed by atoms with Crippen LogP contribution in [0.2, 0.25) is 0 Å². The second-order valence-corrected chi connectivity index (χ2v) is 6.76. The van der Waals surface area contributed by atoms with Gasteiger partial charge in [-0.15, -0.1) is 5.10 Å². The van der Waals surface area contributed by atoms with Crippen LogP contribution in [0, 0.1) is 19.7 Å². The first-order valence-electron chi connectivity index (χ1n) is 9.08. The highest BCUT2D eigenvalue weighted by Gasteiger charge is 2.17. The summed E-state index contributed by atoms with van der Waals surface area (Å²) in [6.07, 6.45) is 1.57. The van der Waals surface area contributed by atoms with E-state index in [-0.39, 0.29) is 17.1 Å². The Balaban J connectivity index is 1.71. The van der Waals surface area contributed by atoms with Crippen LogP contribution < -0.4 is 10.9 Å². The van der Waals surface area contributed by atoms with Gasteiger partial charge < -0.3 is 10.3 Å². The number of nitrogens with zero attached hydrogens (tertiary/aromatic N) is 4. The summed E-state index contributed by atoms with van der Waals surface area (Å²) >= 11 is 0. The van der Waals surface area contributed by atoms with Crippen molar-refractivity contribution in [2.75, 3.05) is 5.32 Å². The summed E-state index contributed by atoms with van der Waals surface area (Å²) in [5.41, 5.74) is 2.41. The lowest BCUT2D eigenvalue weighted by molar-refractivity contribution is -0.111. The molecule has 150 valence electrons. The molecule has 0 saturated carbocycles. The van der Waals surface area contributed by atoms with Gasteiger partial charge in [0, 0.05) is 22.2 Å². The van der Waals surface area contributed by atoms with E-state index in [0.29, 0.717) is 28.2 Å². The minimum Gasteiger partial charge on any atom is -0.322 e. The summed E-state index contributed by atoms with van der Waals surface area (Å²) in [4.78, 5) is 27.6. The first-order valence-corrected chi connectivity index (χ1v) is 9.08. The van der Waals surface area contributed by atoms with E-state index in [1.54, 1.807) is 56.3 Å². The van der Waals surface area contributed by atoms with Gasteiger partial charge in [-0.1, -0.05) is 12.1 Å². The Morgan fingerprint density at radius 3 is 2.60 bits per heavy atom. The number of carbonyl (C=O) groups is 1. The molecule has 0 atom stereocenters. The topological polar surface area (TPSA) is 106 Å². The van der Waals surface area contributed by atoms with Gasteiger partial charge in [-0.2, -0.15) is 4.68 Å². The Kier molecular flexibility index (Phi) is 4.93. The number of rotatable bonds is 4. The third kappa shape index (κ3) is 3.86. The Hall–Kier alpha value is -4.14. The van der Waals surface area contributed by atoms with Gasteiger partial charge in [-0.25, -0.2) is 4.39 Å². The predicted octanol–water partition coefficient (Wildman–Crippen LogP) is 2.91. The van der Waals surface area contributed by atoms with Crippen LogP contribution in [-0.2, 0) is 4.79 Å². The molecule has 9 heteroatoms. The summed E-state index contributed by atoms with van der Waals surface area (Å²) in [7, 11) is 0. The van der Waals surface area contributed by atoms with Crippen molar-refractivity contribution >= 4 is 34.3 Å². The smallest absolute Gasteiger partial charge is 0.274 e. The zero-order valence-corrected chi connectivity index (χ0v) is 16.2. The number of amides is 1. The molecule has 2 N–H and O–H groups in total. The molecule has 2 aromatic carbocycles. The van der Waals surface area contributed by atoms with E-state index in [2.05, 4.69) is 25.8 Å². The van der Waals surface area contributed by atoms with Crippen LogP contribution in [0.4, 0.5) is 10.1 Å². The minimum absolute atomic E-state index is 0.155. The molecular weight excluding hydrogens is 387 g/mol. The molecule has 2 heterocycles. The Bertz CT molecular complexity index is 1340. The predicted molar refractivity (Wildman–Crippen MR) is 111 cm³/mol. The maximum atomic E-state index is 13.2. The van der Waals surface area contributed by atoms with E-state index in [4.69, 9.17) is 0 Å². The average molecular weight is 404 g/mol. The maximum absolute atomic E-state index is 13.2. The van der Waals surface area contributed by atoms with Gasteiger partial charge in [0.1, 0.15) is 11.5 Å². The number of fused-ring (bicyclic) bond motifs is 1. The number of hydrogen-bond donors (Lipinski definition) is 2. The number of H-pyrrole nitrogens is 1. The molecule has 30 heavy (non-hydrogen) atoms. The highest BCUT2D eigenvalue weighted by atomic mass is 19.1. The van der Waals surface area contributed by atoms with Gasteiger partial charge >= 0.3 is 0 Å². The second kappa shape index (κ2) is 7.70. The fourth-order valence-electron chi connectivity index (χ4n) is 2.98. The van der Waals surface area contributed by atoms with Gasteiger partial charge in [0.25, 0.3) is 11.5 Å².